The Morgan fingerprint density at radius 3 is 2.51 bits per heavy atom. The minimum Gasteiger partial charge on any atom is -0.460 e. The summed E-state index contributed by atoms with van der Waals surface area (Å²) >= 11 is 0. The van der Waals surface area contributed by atoms with E-state index < -0.39 is 53.6 Å². The summed E-state index contributed by atoms with van der Waals surface area (Å²) in [7, 11) is 0. The van der Waals surface area contributed by atoms with E-state index in [-0.39, 0.29) is 5.56 Å². The minimum absolute atomic E-state index is 0.272. The predicted molar refractivity (Wildman–Crippen MR) is 141 cm³/mol. The molecule has 6 nitrogen and oxygen atoms in total. The van der Waals surface area contributed by atoms with Crippen molar-refractivity contribution in [1.82, 2.24) is 10.3 Å². The molecule has 5 rings (SSSR count). The molecule has 2 aromatic carbocycles. The number of esters is 1. The fourth-order valence-electron chi connectivity index (χ4n) is 5.88. The van der Waals surface area contributed by atoms with Crippen LogP contribution in [0.25, 0.3) is 17.2 Å². The van der Waals surface area contributed by atoms with Crippen molar-refractivity contribution in [3.63, 3.8) is 0 Å². The third kappa shape index (κ3) is 4.69. The number of allylic oxidation sites excluding steroid dienone is 1. The average Bonchev–Trinajstić information content (AvgIpc) is 3.17. The molecule has 0 unspecified atom stereocenters. The van der Waals surface area contributed by atoms with Gasteiger partial charge in [0.25, 0.3) is 11.8 Å². The number of hydrogen-bond acceptors (Lipinski definition) is 5. The number of amides is 1. The molecule has 39 heavy (non-hydrogen) atoms. The van der Waals surface area contributed by atoms with Gasteiger partial charge in [0.1, 0.15) is 6.10 Å². The van der Waals surface area contributed by atoms with E-state index in [9.17, 15) is 14.9 Å². The summed E-state index contributed by atoms with van der Waals surface area (Å²) in [6, 6.07) is 21.1. The number of nitrogens with zero attached hydrogens (tertiary/aromatic N) is 2. The third-order valence-corrected chi connectivity index (χ3v) is 7.91. The van der Waals surface area contributed by atoms with Crippen LogP contribution in [0.4, 0.5) is 8.78 Å². The Kier molecular flexibility index (Phi) is 6.77. The Bertz CT molecular complexity index is 1470. The number of fused-ring (bicyclic) bond motifs is 1. The zero-order valence-electron chi connectivity index (χ0n) is 21.5. The number of rotatable bonds is 5. The first-order valence-electron chi connectivity index (χ1n) is 12.8. The van der Waals surface area contributed by atoms with Gasteiger partial charge in [0.2, 0.25) is 0 Å². The van der Waals surface area contributed by atoms with Crippen molar-refractivity contribution in [2.45, 2.75) is 37.8 Å². The topological polar surface area (TPSA) is 92.1 Å². The molecule has 198 valence electrons. The van der Waals surface area contributed by atoms with E-state index >= 15 is 8.78 Å². The Labute approximate surface area is 225 Å². The van der Waals surface area contributed by atoms with Gasteiger partial charge in [-0.25, -0.2) is 13.6 Å². The number of halogens is 2. The molecule has 8 heteroatoms. The van der Waals surface area contributed by atoms with E-state index in [1.165, 1.54) is 6.92 Å². The molecule has 1 N–H and O–H groups in total. The van der Waals surface area contributed by atoms with Crippen LogP contribution in [0.15, 0.2) is 79.0 Å². The van der Waals surface area contributed by atoms with Gasteiger partial charge in [0.15, 0.2) is 5.54 Å². The first-order valence-corrected chi connectivity index (χ1v) is 12.8. The van der Waals surface area contributed by atoms with Crippen molar-refractivity contribution in [2.75, 3.05) is 0 Å². The second-order valence-electron chi connectivity index (χ2n) is 10.2. The van der Waals surface area contributed by atoms with Crippen molar-refractivity contribution < 1.29 is 23.1 Å². The molecule has 0 radical (unpaired) electrons. The molecule has 2 heterocycles. The number of pyridine rings is 1. The van der Waals surface area contributed by atoms with E-state index in [4.69, 9.17) is 4.74 Å². The lowest BCUT2D eigenvalue weighted by molar-refractivity contribution is -0.158. The number of aromatic nitrogens is 1. The number of carbonyl (C=O) groups excluding carboxylic acids is 2. The van der Waals surface area contributed by atoms with Crippen LogP contribution in [-0.2, 0) is 9.53 Å². The smallest absolute Gasteiger partial charge is 0.332 e. The van der Waals surface area contributed by atoms with Crippen molar-refractivity contribution >= 4 is 18.0 Å². The van der Waals surface area contributed by atoms with Crippen LogP contribution in [0.2, 0.25) is 0 Å². The van der Waals surface area contributed by atoms with Crippen molar-refractivity contribution in [2.24, 2.45) is 17.8 Å². The highest BCUT2D eigenvalue weighted by Gasteiger charge is 2.68. The quantitative estimate of drug-likeness (QED) is 0.433. The highest BCUT2D eigenvalue weighted by atomic mass is 19.3. The van der Waals surface area contributed by atoms with Gasteiger partial charge in [-0.05, 0) is 43.2 Å². The number of ether oxygens (including phenoxy) is 1. The molecule has 1 saturated carbocycles. The summed E-state index contributed by atoms with van der Waals surface area (Å²) < 4.78 is 36.5. The van der Waals surface area contributed by atoms with Crippen LogP contribution in [0.5, 0.6) is 0 Å². The summed E-state index contributed by atoms with van der Waals surface area (Å²) in [6.07, 6.45) is 3.42. The summed E-state index contributed by atoms with van der Waals surface area (Å²) in [5.74, 6) is -7.28. The van der Waals surface area contributed by atoms with Gasteiger partial charge in [-0.1, -0.05) is 55.5 Å². The number of hydrogen-bond donors (Lipinski definition) is 1. The standard InChI is InChI=1S/C31H27F2N3O3/c1-19-25(15-14-24-13-12-23(17-35-24)26-11-7-6-10-22(26)16-34)27-20(2)39-29(38)30(27,18-31(19,32)33)36-28(37)21-8-4-3-5-9-21/h3-15,17,19-20,25,27H,18H2,1-2H3,(H,36,37)/b15-14+/t19-,20+,25-,27-,30-/m0/s1. The van der Waals surface area contributed by atoms with E-state index in [0.29, 0.717) is 11.3 Å². The van der Waals surface area contributed by atoms with Gasteiger partial charge >= 0.3 is 5.97 Å². The summed E-state index contributed by atoms with van der Waals surface area (Å²) in [5.41, 5.74) is 0.969. The molecule has 2 aliphatic rings. The normalized spacial score (nSPS) is 27.4. The molecule has 0 spiro atoms. The average molecular weight is 528 g/mol. The molecule has 1 aromatic heterocycles. The maximum atomic E-state index is 15.5. The minimum atomic E-state index is -3.24. The largest absolute Gasteiger partial charge is 0.460 e. The van der Waals surface area contributed by atoms with Gasteiger partial charge < -0.3 is 10.1 Å². The number of alkyl halides is 2. The Morgan fingerprint density at radius 2 is 1.82 bits per heavy atom. The molecule has 3 aromatic rings. The number of benzene rings is 2. The molecular weight excluding hydrogens is 500 g/mol. The van der Waals surface area contributed by atoms with Crippen LogP contribution in [0.1, 0.15) is 41.9 Å². The number of nitriles is 1. The van der Waals surface area contributed by atoms with E-state index in [1.54, 1.807) is 73.8 Å². The Morgan fingerprint density at radius 1 is 1.10 bits per heavy atom. The Hall–Kier alpha value is -4.38. The van der Waals surface area contributed by atoms with Gasteiger partial charge in [-0.2, -0.15) is 5.26 Å². The van der Waals surface area contributed by atoms with Crippen LogP contribution in [0, 0.1) is 29.1 Å². The molecule has 1 amide bonds. The fourth-order valence-corrected chi connectivity index (χ4v) is 5.88. The second kappa shape index (κ2) is 10.1. The first kappa shape index (κ1) is 26.2. The van der Waals surface area contributed by atoms with Crippen LogP contribution in [-0.4, -0.2) is 34.4 Å². The zero-order valence-corrected chi connectivity index (χ0v) is 21.5. The van der Waals surface area contributed by atoms with Crippen LogP contribution in [0.3, 0.4) is 0 Å². The maximum absolute atomic E-state index is 15.5. The molecule has 2 fully saturated rings. The van der Waals surface area contributed by atoms with Gasteiger partial charge in [0, 0.05) is 41.1 Å². The lowest BCUT2D eigenvalue weighted by atomic mass is 9.60. The molecule has 1 saturated heterocycles. The van der Waals surface area contributed by atoms with Crippen LogP contribution >= 0.6 is 0 Å². The predicted octanol–water partition coefficient (Wildman–Crippen LogP) is 5.66. The van der Waals surface area contributed by atoms with E-state index in [1.807, 2.05) is 18.2 Å². The molecule has 1 aliphatic heterocycles. The second-order valence-corrected chi connectivity index (χ2v) is 10.2. The summed E-state index contributed by atoms with van der Waals surface area (Å²) in [6.45, 7) is 3.14. The third-order valence-electron chi connectivity index (χ3n) is 7.91. The molecular formula is C31H27F2N3O3. The number of cyclic esters (lactones) is 1. The monoisotopic (exact) mass is 527 g/mol. The fraction of sp³-hybridized carbons (Fsp3) is 0.290. The van der Waals surface area contributed by atoms with Crippen LogP contribution < -0.4 is 5.32 Å². The SMILES string of the molecule is C[C@H]1OC(=O)[C@]2(NC(=O)c3ccccc3)CC(F)(F)[C@@H](C)[C@H](/C=C/c3ccc(-c4ccccc4C#N)cn3)[C@H]12. The highest BCUT2D eigenvalue weighted by molar-refractivity contribution is 5.99. The highest BCUT2D eigenvalue weighted by Crippen LogP contribution is 2.55. The first-order chi connectivity index (χ1) is 18.7. The van der Waals surface area contributed by atoms with Crippen molar-refractivity contribution in [3.05, 3.63) is 95.8 Å². The zero-order chi connectivity index (χ0) is 27.8. The molecule has 1 aliphatic carbocycles. The number of carbonyl (C=O) groups is 2. The lowest BCUT2D eigenvalue weighted by Crippen LogP contribution is -2.66. The van der Waals surface area contributed by atoms with Gasteiger partial charge in [0.05, 0.1) is 17.3 Å². The van der Waals surface area contributed by atoms with Gasteiger partial charge in [-0.3, -0.25) is 9.78 Å². The van der Waals surface area contributed by atoms with Crippen molar-refractivity contribution in [1.29, 1.82) is 5.26 Å². The Balaban J connectivity index is 1.47. The van der Waals surface area contributed by atoms with Gasteiger partial charge in [-0.15, -0.1) is 0 Å². The summed E-state index contributed by atoms with van der Waals surface area (Å²) in [5, 5.41) is 12.0. The summed E-state index contributed by atoms with van der Waals surface area (Å²) in [4.78, 5) is 30.6. The van der Waals surface area contributed by atoms with E-state index in [2.05, 4.69) is 16.4 Å². The van der Waals surface area contributed by atoms with E-state index in [0.717, 1.165) is 11.1 Å². The molecule has 0 bridgehead atoms. The maximum Gasteiger partial charge on any atom is 0.332 e. The number of nitrogens with one attached hydrogen (secondary N) is 1. The van der Waals surface area contributed by atoms with Crippen molar-refractivity contribution in [3.8, 4) is 17.2 Å². The molecule has 5 atom stereocenters. The lowest BCUT2D eigenvalue weighted by Gasteiger charge is -2.47.